The Bertz CT molecular complexity index is 1250. The highest BCUT2D eigenvalue weighted by molar-refractivity contribution is 7.10. The molecule has 1 aromatic heterocycles. The van der Waals surface area contributed by atoms with Gasteiger partial charge in [-0.1, -0.05) is 43.3 Å². The number of amides is 2. The van der Waals surface area contributed by atoms with Gasteiger partial charge in [-0.05, 0) is 78.9 Å². The predicted molar refractivity (Wildman–Crippen MR) is 150 cm³/mol. The molecule has 3 aromatic rings. The molecule has 6 heteroatoms. The monoisotopic (exact) mass is 515 g/mol. The van der Waals surface area contributed by atoms with Gasteiger partial charge in [-0.15, -0.1) is 11.3 Å². The van der Waals surface area contributed by atoms with Gasteiger partial charge in [0.25, 0.3) is 5.91 Å². The zero-order chi connectivity index (χ0) is 25.9. The molecule has 37 heavy (non-hydrogen) atoms. The third-order valence-electron chi connectivity index (χ3n) is 8.04. The first-order valence-corrected chi connectivity index (χ1v) is 14.4. The van der Waals surface area contributed by atoms with Gasteiger partial charge < -0.3 is 9.80 Å². The van der Waals surface area contributed by atoms with Crippen LogP contribution in [0.25, 0.3) is 0 Å². The van der Waals surface area contributed by atoms with Crippen molar-refractivity contribution in [3.05, 3.63) is 92.7 Å². The molecule has 0 saturated carbocycles. The van der Waals surface area contributed by atoms with E-state index in [0.29, 0.717) is 26.2 Å². The number of rotatable bonds is 5. The van der Waals surface area contributed by atoms with Crippen LogP contribution in [0.1, 0.15) is 63.8 Å². The van der Waals surface area contributed by atoms with Gasteiger partial charge in [0.1, 0.15) is 0 Å². The van der Waals surface area contributed by atoms with Crippen LogP contribution < -0.4 is 0 Å². The molecule has 2 unspecified atom stereocenters. The molecular weight excluding hydrogens is 478 g/mol. The van der Waals surface area contributed by atoms with Gasteiger partial charge in [-0.3, -0.25) is 14.5 Å². The molecule has 0 spiro atoms. The van der Waals surface area contributed by atoms with Gasteiger partial charge in [0.05, 0.1) is 12.1 Å². The summed E-state index contributed by atoms with van der Waals surface area (Å²) in [6, 6.07) is 18.6. The van der Waals surface area contributed by atoms with Gasteiger partial charge in [-0.25, -0.2) is 0 Å². The number of nitrogens with zero attached hydrogens (tertiary/aromatic N) is 3. The molecule has 3 heterocycles. The van der Waals surface area contributed by atoms with E-state index in [1.165, 1.54) is 27.1 Å². The van der Waals surface area contributed by atoms with E-state index in [1.54, 1.807) is 0 Å². The Morgan fingerprint density at radius 1 is 0.919 bits per heavy atom. The predicted octanol–water partition coefficient (Wildman–Crippen LogP) is 5.33. The Morgan fingerprint density at radius 2 is 1.65 bits per heavy atom. The van der Waals surface area contributed by atoms with E-state index >= 15 is 0 Å². The minimum absolute atomic E-state index is 0.0608. The van der Waals surface area contributed by atoms with Crippen molar-refractivity contribution in [3.63, 3.8) is 0 Å². The Morgan fingerprint density at radius 3 is 2.41 bits per heavy atom. The fourth-order valence-corrected chi connectivity index (χ4v) is 6.71. The van der Waals surface area contributed by atoms with Crippen LogP contribution in [0.3, 0.4) is 0 Å². The smallest absolute Gasteiger partial charge is 0.253 e. The molecule has 1 saturated heterocycles. The summed E-state index contributed by atoms with van der Waals surface area (Å²) in [6.07, 6.45) is 2.74. The van der Waals surface area contributed by atoms with E-state index in [0.717, 1.165) is 31.4 Å². The molecule has 1 fully saturated rings. The van der Waals surface area contributed by atoms with E-state index in [2.05, 4.69) is 61.4 Å². The molecule has 0 N–H and O–H groups in total. The van der Waals surface area contributed by atoms with Crippen LogP contribution in [0.2, 0.25) is 0 Å². The highest BCUT2D eigenvalue weighted by Gasteiger charge is 2.37. The summed E-state index contributed by atoms with van der Waals surface area (Å²) >= 11 is 1.83. The standard InChI is InChI=1S/C31H37N3O2S/c1-4-24-10-12-25(13-11-24)31(36)33-17-7-16-32(19-20-33)30(35)23(3)34-18-14-28-27(15-21-37-28)29(34)26-9-6-5-8-22(26)2/h5-6,8-13,15,21,23,29H,4,7,14,16-20H2,1-3H3. The number of hydrogen-bond donors (Lipinski definition) is 0. The molecule has 2 aromatic carbocycles. The maximum absolute atomic E-state index is 13.9. The van der Waals surface area contributed by atoms with Crippen molar-refractivity contribution in [2.75, 3.05) is 32.7 Å². The summed E-state index contributed by atoms with van der Waals surface area (Å²) in [5.41, 5.74) is 5.84. The second-order valence-corrected chi connectivity index (χ2v) is 11.2. The number of carbonyl (C=O) groups is 2. The van der Waals surface area contributed by atoms with Gasteiger partial charge >= 0.3 is 0 Å². The van der Waals surface area contributed by atoms with E-state index in [-0.39, 0.29) is 23.9 Å². The average molecular weight is 516 g/mol. The van der Waals surface area contributed by atoms with Crippen LogP contribution >= 0.6 is 11.3 Å². The first kappa shape index (κ1) is 25.7. The summed E-state index contributed by atoms with van der Waals surface area (Å²) in [7, 11) is 0. The molecule has 2 atom stereocenters. The van der Waals surface area contributed by atoms with Gasteiger partial charge in [-0.2, -0.15) is 0 Å². The molecule has 2 amide bonds. The van der Waals surface area contributed by atoms with Gasteiger partial charge in [0.2, 0.25) is 5.91 Å². The number of aryl methyl sites for hydroxylation is 2. The number of hydrogen-bond acceptors (Lipinski definition) is 4. The number of thiophene rings is 1. The summed E-state index contributed by atoms with van der Waals surface area (Å²) in [6.45, 7) is 9.73. The summed E-state index contributed by atoms with van der Waals surface area (Å²) < 4.78 is 0. The highest BCUT2D eigenvalue weighted by atomic mass is 32.1. The number of fused-ring (bicyclic) bond motifs is 1. The molecule has 5 nitrogen and oxygen atoms in total. The first-order chi connectivity index (χ1) is 18.0. The van der Waals surface area contributed by atoms with E-state index in [1.807, 2.05) is 45.4 Å². The minimum atomic E-state index is -0.235. The van der Waals surface area contributed by atoms with Gasteiger partial charge in [0, 0.05) is 43.2 Å². The largest absolute Gasteiger partial charge is 0.340 e. The lowest BCUT2D eigenvalue weighted by atomic mass is 9.89. The fraction of sp³-hybridized carbons (Fsp3) is 0.419. The van der Waals surface area contributed by atoms with Crippen molar-refractivity contribution in [3.8, 4) is 0 Å². The Balaban J connectivity index is 1.30. The Hall–Kier alpha value is -2.96. The van der Waals surface area contributed by atoms with Crippen LogP contribution in [0, 0.1) is 6.92 Å². The SMILES string of the molecule is CCc1ccc(C(=O)N2CCCN(C(=O)C(C)N3CCc4sccc4C3c3ccccc3C)CC2)cc1. The Labute approximate surface area is 224 Å². The molecule has 0 aliphatic carbocycles. The molecule has 2 aliphatic heterocycles. The second-order valence-electron chi connectivity index (χ2n) is 10.2. The summed E-state index contributed by atoms with van der Waals surface area (Å²) in [5.74, 6) is 0.226. The van der Waals surface area contributed by atoms with Crippen molar-refractivity contribution in [1.82, 2.24) is 14.7 Å². The Kier molecular flexibility index (Phi) is 7.77. The molecule has 0 bridgehead atoms. The van der Waals surface area contributed by atoms with E-state index in [9.17, 15) is 9.59 Å². The van der Waals surface area contributed by atoms with Crippen LogP contribution in [0.4, 0.5) is 0 Å². The third-order valence-corrected chi connectivity index (χ3v) is 9.04. The van der Waals surface area contributed by atoms with Gasteiger partial charge in [0.15, 0.2) is 0 Å². The lowest BCUT2D eigenvalue weighted by Gasteiger charge is -2.41. The zero-order valence-electron chi connectivity index (χ0n) is 22.2. The van der Waals surface area contributed by atoms with Crippen molar-refractivity contribution in [2.45, 2.75) is 52.1 Å². The molecule has 2 aliphatic rings. The first-order valence-electron chi connectivity index (χ1n) is 13.5. The maximum Gasteiger partial charge on any atom is 0.253 e. The van der Waals surface area contributed by atoms with Crippen molar-refractivity contribution >= 4 is 23.2 Å². The van der Waals surface area contributed by atoms with Crippen molar-refractivity contribution < 1.29 is 9.59 Å². The second kappa shape index (κ2) is 11.2. The normalized spacial score (nSPS) is 19.3. The quantitative estimate of drug-likeness (QED) is 0.461. The van der Waals surface area contributed by atoms with E-state index < -0.39 is 0 Å². The number of carbonyl (C=O) groups excluding carboxylic acids is 2. The molecular formula is C31H37N3O2S. The van der Waals surface area contributed by atoms with Crippen LogP contribution in [0.5, 0.6) is 0 Å². The highest BCUT2D eigenvalue weighted by Crippen LogP contribution is 2.40. The minimum Gasteiger partial charge on any atom is -0.340 e. The third kappa shape index (κ3) is 5.23. The van der Waals surface area contributed by atoms with E-state index in [4.69, 9.17) is 0 Å². The average Bonchev–Trinajstić information content (AvgIpc) is 3.28. The lowest BCUT2D eigenvalue weighted by molar-refractivity contribution is -0.137. The van der Waals surface area contributed by atoms with Crippen LogP contribution in [0.15, 0.2) is 60.0 Å². The lowest BCUT2D eigenvalue weighted by Crippen LogP contribution is -2.51. The van der Waals surface area contributed by atoms with Crippen molar-refractivity contribution in [2.24, 2.45) is 0 Å². The van der Waals surface area contributed by atoms with Crippen molar-refractivity contribution in [1.29, 1.82) is 0 Å². The molecule has 5 rings (SSSR count). The van der Waals surface area contributed by atoms with Crippen LogP contribution in [-0.4, -0.2) is 65.3 Å². The zero-order valence-corrected chi connectivity index (χ0v) is 23.0. The summed E-state index contributed by atoms with van der Waals surface area (Å²) in [5, 5.41) is 2.18. The molecule has 0 radical (unpaired) electrons. The maximum atomic E-state index is 13.9. The fourth-order valence-electron chi connectivity index (χ4n) is 5.81. The summed E-state index contributed by atoms with van der Waals surface area (Å²) in [4.78, 5) is 34.7. The molecule has 194 valence electrons. The van der Waals surface area contributed by atoms with Crippen LogP contribution in [-0.2, 0) is 17.6 Å². The topological polar surface area (TPSA) is 43.9 Å². The number of benzene rings is 2.